The molecule has 0 bridgehead atoms. The van der Waals surface area contributed by atoms with Gasteiger partial charge in [0, 0.05) is 6.20 Å². The van der Waals surface area contributed by atoms with E-state index >= 15 is 0 Å². The maximum absolute atomic E-state index is 5.23. The second-order valence-corrected chi connectivity index (χ2v) is 2.70. The van der Waals surface area contributed by atoms with Gasteiger partial charge in [-0.2, -0.15) is 0 Å². The zero-order valence-corrected chi connectivity index (χ0v) is 7.33. The monoisotopic (exact) mass is 160 g/mol. The minimum absolute atomic E-state index is 0.0265. The molecule has 0 amide bonds. The van der Waals surface area contributed by atoms with Gasteiger partial charge in [-0.25, -0.2) is 4.98 Å². The van der Waals surface area contributed by atoms with Crippen LogP contribution in [0.1, 0.15) is 12.5 Å². The molecular weight excluding hydrogens is 148 g/mol. The van der Waals surface area contributed by atoms with Gasteiger partial charge in [0.15, 0.2) is 0 Å². The average Bonchev–Trinajstić information content (AvgIpc) is 2.09. The van der Waals surface area contributed by atoms with Crippen LogP contribution in [-0.2, 0) is 0 Å². The summed E-state index contributed by atoms with van der Waals surface area (Å²) in [5.41, 5.74) is 1.11. The Labute approximate surface area is 73.0 Å². The van der Waals surface area contributed by atoms with Crippen molar-refractivity contribution >= 4 is 5.82 Å². The molecular formula is C10H12N2. The van der Waals surface area contributed by atoms with Crippen molar-refractivity contribution in [1.82, 2.24) is 4.98 Å². The summed E-state index contributed by atoms with van der Waals surface area (Å²) >= 11 is 0. The van der Waals surface area contributed by atoms with Gasteiger partial charge in [-0.3, -0.25) is 0 Å². The van der Waals surface area contributed by atoms with Crippen LogP contribution >= 0.6 is 0 Å². The maximum atomic E-state index is 5.23. The van der Waals surface area contributed by atoms with Gasteiger partial charge in [0.2, 0.25) is 0 Å². The van der Waals surface area contributed by atoms with Gasteiger partial charge in [0.25, 0.3) is 0 Å². The lowest BCUT2D eigenvalue weighted by Gasteiger charge is -2.09. The fourth-order valence-electron chi connectivity index (χ4n) is 0.884. The highest BCUT2D eigenvalue weighted by molar-refractivity contribution is 5.44. The Bertz CT molecular complexity index is 299. The van der Waals surface area contributed by atoms with E-state index in [9.17, 15) is 0 Å². The summed E-state index contributed by atoms with van der Waals surface area (Å²) in [5, 5.41) is 3.11. The molecule has 0 saturated carbocycles. The number of aryl methyl sites for hydroxylation is 1. The van der Waals surface area contributed by atoms with Gasteiger partial charge in [-0.15, -0.1) is 6.42 Å². The highest BCUT2D eigenvalue weighted by Gasteiger charge is 1.99. The number of anilines is 1. The first-order valence-electron chi connectivity index (χ1n) is 3.88. The van der Waals surface area contributed by atoms with Crippen molar-refractivity contribution in [2.45, 2.75) is 19.9 Å². The lowest BCUT2D eigenvalue weighted by atomic mass is 10.2. The summed E-state index contributed by atoms with van der Waals surface area (Å²) in [6.07, 6.45) is 6.98. The third kappa shape index (κ3) is 2.00. The Morgan fingerprint density at radius 3 is 3.00 bits per heavy atom. The molecule has 1 aromatic rings. The zero-order chi connectivity index (χ0) is 8.97. The van der Waals surface area contributed by atoms with E-state index in [1.54, 1.807) is 6.20 Å². The molecule has 1 atom stereocenters. The molecule has 1 N–H and O–H groups in total. The Kier molecular flexibility index (Phi) is 2.71. The van der Waals surface area contributed by atoms with Gasteiger partial charge in [-0.1, -0.05) is 12.0 Å². The number of aromatic nitrogens is 1. The van der Waals surface area contributed by atoms with Crippen molar-refractivity contribution in [1.29, 1.82) is 0 Å². The lowest BCUT2D eigenvalue weighted by molar-refractivity contribution is 1.01. The minimum Gasteiger partial charge on any atom is -0.357 e. The molecule has 1 aromatic heterocycles. The van der Waals surface area contributed by atoms with Crippen LogP contribution in [-0.4, -0.2) is 11.0 Å². The number of terminal acetylenes is 1. The van der Waals surface area contributed by atoms with Crippen LogP contribution in [0.5, 0.6) is 0 Å². The van der Waals surface area contributed by atoms with Crippen LogP contribution in [0, 0.1) is 19.3 Å². The summed E-state index contributed by atoms with van der Waals surface area (Å²) in [6.45, 7) is 3.92. The van der Waals surface area contributed by atoms with E-state index in [0.29, 0.717) is 0 Å². The smallest absolute Gasteiger partial charge is 0.129 e. The van der Waals surface area contributed by atoms with Gasteiger partial charge < -0.3 is 5.32 Å². The maximum Gasteiger partial charge on any atom is 0.129 e. The Balaban J connectivity index is 2.77. The number of nitrogens with one attached hydrogen (secondary N) is 1. The number of rotatable bonds is 2. The van der Waals surface area contributed by atoms with Crippen molar-refractivity contribution in [3.63, 3.8) is 0 Å². The quantitative estimate of drug-likeness (QED) is 0.667. The summed E-state index contributed by atoms with van der Waals surface area (Å²) in [5.74, 6) is 3.45. The summed E-state index contributed by atoms with van der Waals surface area (Å²) < 4.78 is 0. The number of pyridine rings is 1. The molecule has 1 rings (SSSR count). The number of hydrogen-bond acceptors (Lipinski definition) is 2. The first-order valence-corrected chi connectivity index (χ1v) is 3.88. The van der Waals surface area contributed by atoms with E-state index in [1.807, 2.05) is 26.0 Å². The fourth-order valence-corrected chi connectivity index (χ4v) is 0.884. The second kappa shape index (κ2) is 3.77. The summed E-state index contributed by atoms with van der Waals surface area (Å²) in [7, 11) is 0. The second-order valence-electron chi connectivity index (χ2n) is 2.70. The molecule has 0 aliphatic heterocycles. The SMILES string of the molecule is C#CC(C)Nc1ncccc1C. The third-order valence-corrected chi connectivity index (χ3v) is 1.61. The summed E-state index contributed by atoms with van der Waals surface area (Å²) in [4.78, 5) is 4.16. The van der Waals surface area contributed by atoms with Gasteiger partial charge in [-0.05, 0) is 25.5 Å². The van der Waals surface area contributed by atoms with Crippen molar-refractivity contribution in [3.05, 3.63) is 23.9 Å². The molecule has 0 aliphatic rings. The molecule has 62 valence electrons. The van der Waals surface area contributed by atoms with Gasteiger partial charge in [0.1, 0.15) is 5.82 Å². The predicted molar refractivity (Wildman–Crippen MR) is 50.9 cm³/mol. The molecule has 2 nitrogen and oxygen atoms in total. The highest BCUT2D eigenvalue weighted by atomic mass is 15.0. The van der Waals surface area contributed by atoms with E-state index < -0.39 is 0 Å². The first kappa shape index (κ1) is 8.61. The third-order valence-electron chi connectivity index (χ3n) is 1.61. The van der Waals surface area contributed by atoms with E-state index in [2.05, 4.69) is 16.2 Å². The van der Waals surface area contributed by atoms with Gasteiger partial charge in [0.05, 0.1) is 6.04 Å². The van der Waals surface area contributed by atoms with Crippen molar-refractivity contribution in [2.75, 3.05) is 5.32 Å². The molecule has 12 heavy (non-hydrogen) atoms. The largest absolute Gasteiger partial charge is 0.357 e. The predicted octanol–water partition coefficient (Wildman–Crippen LogP) is 1.82. The van der Waals surface area contributed by atoms with Crippen LogP contribution in [0.3, 0.4) is 0 Å². The number of nitrogens with zero attached hydrogens (tertiary/aromatic N) is 1. The molecule has 2 heteroatoms. The van der Waals surface area contributed by atoms with Crippen molar-refractivity contribution < 1.29 is 0 Å². The van der Waals surface area contributed by atoms with E-state index in [-0.39, 0.29) is 6.04 Å². The normalized spacial score (nSPS) is 11.8. The van der Waals surface area contributed by atoms with E-state index in [1.165, 1.54) is 0 Å². The molecule has 0 spiro atoms. The highest BCUT2D eigenvalue weighted by Crippen LogP contribution is 2.09. The van der Waals surface area contributed by atoms with Crippen LogP contribution in [0.25, 0.3) is 0 Å². The first-order chi connectivity index (χ1) is 5.74. The van der Waals surface area contributed by atoms with Crippen LogP contribution < -0.4 is 5.32 Å². The fraction of sp³-hybridized carbons (Fsp3) is 0.300. The molecule has 0 saturated heterocycles. The molecule has 0 aromatic carbocycles. The van der Waals surface area contributed by atoms with E-state index in [4.69, 9.17) is 6.42 Å². The minimum atomic E-state index is 0.0265. The Morgan fingerprint density at radius 2 is 2.42 bits per heavy atom. The van der Waals surface area contributed by atoms with Crippen molar-refractivity contribution in [2.24, 2.45) is 0 Å². The zero-order valence-electron chi connectivity index (χ0n) is 7.33. The van der Waals surface area contributed by atoms with Crippen molar-refractivity contribution in [3.8, 4) is 12.3 Å². The number of hydrogen-bond donors (Lipinski definition) is 1. The molecule has 1 unspecified atom stereocenters. The van der Waals surface area contributed by atoms with E-state index in [0.717, 1.165) is 11.4 Å². The van der Waals surface area contributed by atoms with Crippen LogP contribution in [0.2, 0.25) is 0 Å². The molecule has 0 fully saturated rings. The lowest BCUT2D eigenvalue weighted by Crippen LogP contribution is -2.13. The van der Waals surface area contributed by atoms with Gasteiger partial charge >= 0.3 is 0 Å². The molecule has 0 radical (unpaired) electrons. The molecule has 0 aliphatic carbocycles. The standard InChI is InChI=1S/C10H12N2/c1-4-9(3)12-10-8(2)6-5-7-11-10/h1,5-7,9H,2-3H3,(H,11,12). The Morgan fingerprint density at radius 1 is 1.67 bits per heavy atom. The average molecular weight is 160 g/mol. The van der Waals surface area contributed by atoms with Crippen LogP contribution in [0.4, 0.5) is 5.82 Å². The summed E-state index contributed by atoms with van der Waals surface area (Å²) in [6, 6.07) is 3.93. The topological polar surface area (TPSA) is 24.9 Å². The Hall–Kier alpha value is -1.49. The molecule has 1 heterocycles. The van der Waals surface area contributed by atoms with Crippen LogP contribution in [0.15, 0.2) is 18.3 Å².